The van der Waals surface area contributed by atoms with Crippen LogP contribution in [-0.2, 0) is 0 Å². The van der Waals surface area contributed by atoms with E-state index in [1.54, 1.807) is 6.07 Å². The van der Waals surface area contributed by atoms with Crippen LogP contribution in [0.15, 0.2) is 30.5 Å². The molecule has 0 fully saturated rings. The molecule has 1 aromatic carbocycles. The molecule has 0 saturated carbocycles. The Hall–Kier alpha value is -2.04. The van der Waals surface area contributed by atoms with Crippen molar-refractivity contribution in [2.45, 2.75) is 6.92 Å². The third-order valence-electron chi connectivity index (χ3n) is 2.17. The van der Waals surface area contributed by atoms with E-state index >= 15 is 0 Å². The summed E-state index contributed by atoms with van der Waals surface area (Å²) in [7, 11) is 0. The van der Waals surface area contributed by atoms with Crippen LogP contribution in [0.4, 0.5) is 8.78 Å². The fourth-order valence-electron chi connectivity index (χ4n) is 1.36. The van der Waals surface area contributed by atoms with Gasteiger partial charge in [0.05, 0.1) is 11.8 Å². The van der Waals surface area contributed by atoms with Crippen molar-refractivity contribution in [3.8, 4) is 5.69 Å². The summed E-state index contributed by atoms with van der Waals surface area (Å²) in [6.07, 6.45) is 1.09. The van der Waals surface area contributed by atoms with Gasteiger partial charge in [-0.05, 0) is 19.1 Å². The van der Waals surface area contributed by atoms with E-state index in [9.17, 15) is 13.6 Å². The lowest BCUT2D eigenvalue weighted by Crippen LogP contribution is -2.04. The minimum absolute atomic E-state index is 0.0208. The van der Waals surface area contributed by atoms with E-state index in [1.807, 2.05) is 0 Å². The van der Waals surface area contributed by atoms with Crippen molar-refractivity contribution in [1.29, 1.82) is 0 Å². The van der Waals surface area contributed by atoms with Crippen LogP contribution in [0.1, 0.15) is 17.3 Å². The van der Waals surface area contributed by atoms with Crippen molar-refractivity contribution >= 4 is 5.78 Å². The Bertz CT molecular complexity index is 549. The van der Waals surface area contributed by atoms with Gasteiger partial charge in [0.15, 0.2) is 5.78 Å². The maximum atomic E-state index is 13.7. The molecule has 3 nitrogen and oxygen atoms in total. The van der Waals surface area contributed by atoms with E-state index in [4.69, 9.17) is 0 Å². The Balaban J connectivity index is 2.58. The molecule has 0 bridgehead atoms. The molecule has 0 saturated heterocycles. The average Bonchev–Trinajstić information content (AvgIpc) is 2.61. The number of Topliss-reactive ketones (excluding diaryl/α,β-unsaturated/α-hetero) is 1. The number of ketones is 1. The summed E-state index contributed by atoms with van der Waals surface area (Å²) in [4.78, 5) is 11.0. The highest BCUT2D eigenvalue weighted by atomic mass is 19.1. The number of carbonyl (C=O) groups excluding carboxylic acids is 1. The van der Waals surface area contributed by atoms with E-state index in [0.717, 1.165) is 10.9 Å². The zero-order chi connectivity index (χ0) is 11.7. The first-order chi connectivity index (χ1) is 7.61. The molecule has 5 heteroatoms. The van der Waals surface area contributed by atoms with Gasteiger partial charge in [-0.25, -0.2) is 9.07 Å². The summed E-state index contributed by atoms with van der Waals surface area (Å²) >= 11 is 0. The highest BCUT2D eigenvalue weighted by Crippen LogP contribution is 2.16. The van der Waals surface area contributed by atoms with Gasteiger partial charge in [-0.3, -0.25) is 4.79 Å². The summed E-state index contributed by atoms with van der Waals surface area (Å²) < 4.78 is 27.8. The molecule has 0 spiro atoms. The van der Waals surface area contributed by atoms with Crippen molar-refractivity contribution in [1.82, 2.24) is 9.78 Å². The second-order valence-electron chi connectivity index (χ2n) is 3.27. The molecule has 0 aliphatic carbocycles. The van der Waals surface area contributed by atoms with Crippen molar-refractivity contribution in [2.24, 2.45) is 0 Å². The van der Waals surface area contributed by atoms with E-state index < -0.39 is 17.5 Å². The normalized spacial score (nSPS) is 10.4. The molecule has 16 heavy (non-hydrogen) atoms. The van der Waals surface area contributed by atoms with Crippen LogP contribution in [0.2, 0.25) is 0 Å². The molecule has 0 N–H and O–H groups in total. The van der Waals surface area contributed by atoms with Crippen LogP contribution >= 0.6 is 0 Å². The van der Waals surface area contributed by atoms with E-state index in [1.165, 1.54) is 25.1 Å². The van der Waals surface area contributed by atoms with Gasteiger partial charge >= 0.3 is 0 Å². The SMILES string of the molecule is CC(=O)c1cnn(-c2ccccc2F)c1F. The second kappa shape index (κ2) is 3.84. The van der Waals surface area contributed by atoms with Crippen molar-refractivity contribution in [3.63, 3.8) is 0 Å². The fraction of sp³-hybridized carbons (Fsp3) is 0.0909. The third-order valence-corrected chi connectivity index (χ3v) is 2.17. The number of aromatic nitrogens is 2. The predicted octanol–water partition coefficient (Wildman–Crippen LogP) is 2.35. The van der Waals surface area contributed by atoms with Crippen LogP contribution in [-0.4, -0.2) is 15.6 Å². The van der Waals surface area contributed by atoms with Gasteiger partial charge in [-0.2, -0.15) is 9.49 Å². The Morgan fingerprint density at radius 1 is 1.31 bits per heavy atom. The average molecular weight is 222 g/mol. The van der Waals surface area contributed by atoms with Gasteiger partial charge < -0.3 is 0 Å². The van der Waals surface area contributed by atoms with Crippen LogP contribution < -0.4 is 0 Å². The molecule has 1 aromatic heterocycles. The third kappa shape index (κ3) is 1.60. The molecule has 2 rings (SSSR count). The lowest BCUT2D eigenvalue weighted by molar-refractivity contribution is 0.101. The predicted molar refractivity (Wildman–Crippen MR) is 53.5 cm³/mol. The molecular weight excluding hydrogens is 214 g/mol. The molecular formula is C11H8F2N2O. The van der Waals surface area contributed by atoms with Gasteiger partial charge in [0.2, 0.25) is 5.95 Å². The number of rotatable bonds is 2. The zero-order valence-corrected chi connectivity index (χ0v) is 8.45. The number of para-hydroxylation sites is 1. The smallest absolute Gasteiger partial charge is 0.227 e. The number of hydrogen-bond donors (Lipinski definition) is 0. The summed E-state index contributed by atoms with van der Waals surface area (Å²) in [5.41, 5.74) is -0.171. The van der Waals surface area contributed by atoms with Crippen LogP contribution in [0.5, 0.6) is 0 Å². The van der Waals surface area contributed by atoms with Crippen LogP contribution in [0.25, 0.3) is 5.69 Å². The highest BCUT2D eigenvalue weighted by molar-refractivity contribution is 5.93. The number of benzene rings is 1. The second-order valence-corrected chi connectivity index (χ2v) is 3.27. The van der Waals surface area contributed by atoms with Gasteiger partial charge in [0.1, 0.15) is 11.5 Å². The van der Waals surface area contributed by atoms with Gasteiger partial charge in [-0.15, -0.1) is 0 Å². The largest absolute Gasteiger partial charge is 0.294 e. The summed E-state index contributed by atoms with van der Waals surface area (Å²) in [6, 6.07) is 5.64. The fourth-order valence-corrected chi connectivity index (χ4v) is 1.36. The van der Waals surface area contributed by atoms with Crippen LogP contribution in [0.3, 0.4) is 0 Å². The molecule has 0 unspecified atom stereocenters. The van der Waals surface area contributed by atoms with Gasteiger partial charge in [-0.1, -0.05) is 12.1 Å². The van der Waals surface area contributed by atoms with Crippen molar-refractivity contribution in [3.05, 3.63) is 47.8 Å². The molecule has 0 aliphatic rings. The minimum atomic E-state index is -0.849. The number of halogens is 2. The van der Waals surface area contributed by atoms with Crippen molar-refractivity contribution < 1.29 is 13.6 Å². The first kappa shape index (κ1) is 10.5. The Kier molecular flexibility index (Phi) is 2.52. The molecule has 1 heterocycles. The monoisotopic (exact) mass is 222 g/mol. The van der Waals surface area contributed by atoms with Gasteiger partial charge in [0.25, 0.3) is 0 Å². The molecule has 0 aliphatic heterocycles. The first-order valence-electron chi connectivity index (χ1n) is 4.60. The lowest BCUT2D eigenvalue weighted by atomic mass is 10.2. The van der Waals surface area contributed by atoms with E-state index in [2.05, 4.69) is 5.10 Å². The quantitative estimate of drug-likeness (QED) is 0.731. The maximum Gasteiger partial charge on any atom is 0.227 e. The Morgan fingerprint density at radius 2 is 2.00 bits per heavy atom. The number of hydrogen-bond acceptors (Lipinski definition) is 2. The topological polar surface area (TPSA) is 34.9 Å². The highest BCUT2D eigenvalue weighted by Gasteiger charge is 2.16. The standard InChI is InChI=1S/C11H8F2N2O/c1-7(16)8-6-14-15(11(8)13)10-5-3-2-4-9(10)12/h2-6H,1H3. The molecule has 2 aromatic rings. The van der Waals surface area contributed by atoms with Gasteiger partial charge in [0, 0.05) is 0 Å². The molecule has 82 valence electrons. The Labute approximate surface area is 90.3 Å². The molecule has 0 atom stereocenters. The Morgan fingerprint density at radius 3 is 2.56 bits per heavy atom. The van der Waals surface area contributed by atoms with E-state index in [0.29, 0.717) is 0 Å². The lowest BCUT2D eigenvalue weighted by Gasteiger charge is -2.02. The van der Waals surface area contributed by atoms with Crippen LogP contribution in [0, 0.1) is 11.8 Å². The summed E-state index contributed by atoms with van der Waals surface area (Å²) in [5.74, 6) is -1.89. The summed E-state index contributed by atoms with van der Waals surface area (Å²) in [5, 5.41) is 3.65. The zero-order valence-electron chi connectivity index (χ0n) is 8.45. The van der Waals surface area contributed by atoms with Crippen molar-refractivity contribution in [2.75, 3.05) is 0 Å². The number of carbonyl (C=O) groups is 1. The van der Waals surface area contributed by atoms with E-state index in [-0.39, 0.29) is 11.3 Å². The maximum absolute atomic E-state index is 13.7. The number of nitrogens with zero attached hydrogens (tertiary/aromatic N) is 2. The summed E-state index contributed by atoms with van der Waals surface area (Å²) in [6.45, 7) is 1.23. The first-order valence-corrected chi connectivity index (χ1v) is 4.60. The molecule has 0 radical (unpaired) electrons. The minimum Gasteiger partial charge on any atom is -0.294 e. The molecule has 0 amide bonds.